The average molecular weight is 160 g/mol. The molecule has 11 heavy (non-hydrogen) atoms. The van der Waals surface area contributed by atoms with Crippen molar-refractivity contribution in [3.05, 3.63) is 0 Å². The number of carbonyl (C=O) groups is 1. The Morgan fingerprint density at radius 1 is 1.36 bits per heavy atom. The van der Waals surface area contributed by atoms with Crippen LogP contribution in [0.25, 0.3) is 0 Å². The molecule has 1 saturated carbocycles. The Labute approximate surface area is 65.4 Å². The minimum Gasteiger partial charge on any atom is -0.481 e. The molecule has 1 aliphatic rings. The first-order valence-corrected chi connectivity index (χ1v) is 4.02. The van der Waals surface area contributed by atoms with E-state index in [1.807, 2.05) is 0 Å². The highest BCUT2D eigenvalue weighted by Gasteiger charge is 2.25. The van der Waals surface area contributed by atoms with Gasteiger partial charge >= 0.3 is 5.97 Å². The third-order valence-corrected chi connectivity index (χ3v) is 2.41. The Morgan fingerprint density at radius 2 is 1.91 bits per heavy atom. The lowest BCUT2D eigenvalue weighted by molar-refractivity contribution is -0.143. The van der Waals surface area contributed by atoms with Gasteiger partial charge in [0, 0.05) is 0 Å². The summed E-state index contributed by atoms with van der Waals surface area (Å²) < 4.78 is 12.1. The van der Waals surface area contributed by atoms with E-state index < -0.39 is 5.97 Å². The lowest BCUT2D eigenvalue weighted by Gasteiger charge is -2.23. The summed E-state index contributed by atoms with van der Waals surface area (Å²) in [5.41, 5.74) is 0. The van der Waals surface area contributed by atoms with Crippen molar-refractivity contribution in [3.63, 3.8) is 0 Å². The number of hydrogen-bond donors (Lipinski definition) is 1. The number of aliphatic carboxylic acids is 1. The van der Waals surface area contributed by atoms with Crippen molar-refractivity contribution in [1.29, 1.82) is 0 Å². The number of halogens is 1. The maximum absolute atomic E-state index is 12.1. The molecular weight excluding hydrogens is 147 g/mol. The Hall–Kier alpha value is -0.600. The van der Waals surface area contributed by atoms with Gasteiger partial charge in [-0.25, -0.2) is 0 Å². The topological polar surface area (TPSA) is 37.3 Å². The molecule has 1 rings (SSSR count). The third kappa shape index (κ3) is 2.17. The van der Waals surface area contributed by atoms with Crippen molar-refractivity contribution >= 4 is 5.97 Å². The van der Waals surface area contributed by atoms with E-state index in [1.165, 1.54) is 0 Å². The minimum absolute atomic E-state index is 0.130. The maximum Gasteiger partial charge on any atom is 0.306 e. The predicted octanol–water partition coefficient (Wildman–Crippen LogP) is 1.85. The van der Waals surface area contributed by atoms with Gasteiger partial charge in [0.2, 0.25) is 0 Å². The van der Waals surface area contributed by atoms with Gasteiger partial charge in [-0.1, -0.05) is 0 Å². The largest absolute Gasteiger partial charge is 0.481 e. The van der Waals surface area contributed by atoms with Crippen LogP contribution in [-0.4, -0.2) is 17.8 Å². The highest BCUT2D eigenvalue weighted by Crippen LogP contribution is 2.28. The molecule has 0 aromatic carbocycles. The number of hydrogen-bond acceptors (Lipinski definition) is 1. The third-order valence-electron chi connectivity index (χ3n) is 2.41. The van der Waals surface area contributed by atoms with Crippen molar-refractivity contribution in [1.82, 2.24) is 0 Å². The molecule has 0 bridgehead atoms. The Bertz CT molecular complexity index is 139. The van der Waals surface area contributed by atoms with Gasteiger partial charge in [-0.2, -0.15) is 0 Å². The Kier molecular flexibility index (Phi) is 2.85. The fraction of sp³-hybridized carbons (Fsp3) is 0.875. The van der Waals surface area contributed by atoms with Gasteiger partial charge in [0.05, 0.1) is 12.6 Å². The molecule has 0 amide bonds. The van der Waals surface area contributed by atoms with Gasteiger partial charge < -0.3 is 5.11 Å². The molecule has 0 aromatic rings. The number of alkyl halides is 1. The summed E-state index contributed by atoms with van der Waals surface area (Å²) in [6.45, 7) is -0.285. The molecule has 0 unspecified atom stereocenters. The molecule has 0 aromatic heterocycles. The molecule has 0 saturated heterocycles. The number of rotatable bonds is 2. The van der Waals surface area contributed by atoms with Gasteiger partial charge in [0.15, 0.2) is 0 Å². The number of carboxylic acids is 1. The zero-order valence-corrected chi connectivity index (χ0v) is 6.42. The smallest absolute Gasteiger partial charge is 0.306 e. The fourth-order valence-corrected chi connectivity index (χ4v) is 1.56. The highest BCUT2D eigenvalue weighted by atomic mass is 19.1. The van der Waals surface area contributed by atoms with E-state index in [0.29, 0.717) is 12.8 Å². The molecule has 64 valence electrons. The van der Waals surface area contributed by atoms with Crippen LogP contribution in [0.3, 0.4) is 0 Å². The maximum atomic E-state index is 12.1. The first-order valence-electron chi connectivity index (χ1n) is 4.02. The molecule has 3 heteroatoms. The second kappa shape index (κ2) is 3.69. The zero-order valence-electron chi connectivity index (χ0n) is 6.42. The quantitative estimate of drug-likeness (QED) is 0.669. The van der Waals surface area contributed by atoms with Crippen LogP contribution in [-0.2, 0) is 4.79 Å². The monoisotopic (exact) mass is 160 g/mol. The second-order valence-electron chi connectivity index (χ2n) is 3.21. The van der Waals surface area contributed by atoms with Crippen LogP contribution >= 0.6 is 0 Å². The Balaban J connectivity index is 2.30. The van der Waals surface area contributed by atoms with E-state index in [9.17, 15) is 9.18 Å². The molecule has 1 N–H and O–H groups in total. The average Bonchev–Trinajstić information content (AvgIpc) is 2.05. The summed E-state index contributed by atoms with van der Waals surface area (Å²) in [6.07, 6.45) is 2.80. The van der Waals surface area contributed by atoms with Crippen LogP contribution in [0.5, 0.6) is 0 Å². The van der Waals surface area contributed by atoms with Crippen LogP contribution in [0.15, 0.2) is 0 Å². The molecule has 2 nitrogen and oxygen atoms in total. The van der Waals surface area contributed by atoms with Gasteiger partial charge in [0.25, 0.3) is 0 Å². The summed E-state index contributed by atoms with van der Waals surface area (Å²) in [5.74, 6) is -0.800. The normalized spacial score (nSPS) is 31.7. The molecule has 0 heterocycles. The van der Waals surface area contributed by atoms with E-state index in [2.05, 4.69) is 0 Å². The van der Waals surface area contributed by atoms with Gasteiger partial charge in [0.1, 0.15) is 0 Å². The molecule has 0 radical (unpaired) electrons. The summed E-state index contributed by atoms with van der Waals surface area (Å²) in [5, 5.41) is 8.60. The fourth-order valence-electron chi connectivity index (χ4n) is 1.56. The van der Waals surface area contributed by atoms with E-state index in [-0.39, 0.29) is 18.5 Å². The first kappa shape index (κ1) is 8.50. The minimum atomic E-state index is -0.720. The SMILES string of the molecule is O=C(O)C1CCC(CF)CC1. The Morgan fingerprint density at radius 3 is 2.27 bits per heavy atom. The lowest BCUT2D eigenvalue weighted by atomic mass is 9.83. The van der Waals surface area contributed by atoms with Crippen LogP contribution in [0.2, 0.25) is 0 Å². The van der Waals surface area contributed by atoms with Crippen molar-refractivity contribution in [2.75, 3.05) is 6.67 Å². The molecule has 0 atom stereocenters. The van der Waals surface area contributed by atoms with Crippen LogP contribution < -0.4 is 0 Å². The number of carboxylic acid groups (broad SMARTS) is 1. The molecular formula is C8H13FO2. The zero-order chi connectivity index (χ0) is 8.27. The lowest BCUT2D eigenvalue weighted by Crippen LogP contribution is -2.22. The second-order valence-corrected chi connectivity index (χ2v) is 3.21. The van der Waals surface area contributed by atoms with Crippen molar-refractivity contribution < 1.29 is 14.3 Å². The summed E-state index contributed by atoms with van der Waals surface area (Å²) >= 11 is 0. The molecule has 1 aliphatic carbocycles. The van der Waals surface area contributed by atoms with E-state index >= 15 is 0 Å². The van der Waals surface area contributed by atoms with Gasteiger partial charge in [-0.05, 0) is 31.6 Å². The van der Waals surface area contributed by atoms with Gasteiger partial charge in [-0.3, -0.25) is 9.18 Å². The summed E-state index contributed by atoms with van der Waals surface area (Å²) in [4.78, 5) is 10.5. The molecule has 0 spiro atoms. The molecule has 0 aliphatic heterocycles. The standard InChI is InChI=1S/C8H13FO2/c9-5-6-1-3-7(4-2-6)8(10)11/h6-7H,1-5H2,(H,10,11). The van der Waals surface area contributed by atoms with Gasteiger partial charge in [-0.15, -0.1) is 0 Å². The van der Waals surface area contributed by atoms with Crippen LogP contribution in [0.4, 0.5) is 4.39 Å². The van der Waals surface area contributed by atoms with E-state index in [4.69, 9.17) is 5.11 Å². The highest BCUT2D eigenvalue weighted by molar-refractivity contribution is 5.69. The first-order chi connectivity index (χ1) is 5.24. The predicted molar refractivity (Wildman–Crippen MR) is 39.1 cm³/mol. The van der Waals surface area contributed by atoms with E-state index in [0.717, 1.165) is 12.8 Å². The van der Waals surface area contributed by atoms with Crippen molar-refractivity contribution in [2.45, 2.75) is 25.7 Å². The van der Waals surface area contributed by atoms with Crippen molar-refractivity contribution in [2.24, 2.45) is 11.8 Å². The van der Waals surface area contributed by atoms with Crippen molar-refractivity contribution in [3.8, 4) is 0 Å². The summed E-state index contributed by atoms with van der Waals surface area (Å²) in [7, 11) is 0. The van der Waals surface area contributed by atoms with Crippen LogP contribution in [0, 0.1) is 11.8 Å². The van der Waals surface area contributed by atoms with Crippen LogP contribution in [0.1, 0.15) is 25.7 Å². The van der Waals surface area contributed by atoms with E-state index in [1.54, 1.807) is 0 Å². The summed E-state index contributed by atoms with van der Waals surface area (Å²) in [6, 6.07) is 0. The molecule has 1 fully saturated rings.